The van der Waals surface area contributed by atoms with Gasteiger partial charge in [0, 0.05) is 30.6 Å². The molecule has 0 radical (unpaired) electrons. The van der Waals surface area contributed by atoms with Crippen LogP contribution in [-0.4, -0.2) is 14.1 Å². The molecule has 0 amide bonds. The van der Waals surface area contributed by atoms with Gasteiger partial charge in [-0.05, 0) is 47.5 Å². The second-order valence-electron chi connectivity index (χ2n) is 7.27. The number of furan rings is 1. The monoisotopic (exact) mass is 407 g/mol. The predicted octanol–water partition coefficient (Wildman–Crippen LogP) is 5.18. The number of benzene rings is 3. The van der Waals surface area contributed by atoms with Gasteiger partial charge in [0.2, 0.25) is 0 Å². The van der Waals surface area contributed by atoms with E-state index in [0.29, 0.717) is 16.4 Å². The topological polar surface area (TPSA) is 16.4 Å². The predicted molar refractivity (Wildman–Crippen MR) is 115 cm³/mol. The van der Waals surface area contributed by atoms with Gasteiger partial charge in [-0.2, -0.15) is 13.2 Å². The number of alkyl halides is 3. The first-order valence-corrected chi connectivity index (χ1v) is 9.47. The molecule has 0 saturated heterocycles. The van der Waals surface area contributed by atoms with Crippen LogP contribution in [0.5, 0.6) is 0 Å². The first-order valence-electron chi connectivity index (χ1n) is 9.47. The van der Waals surface area contributed by atoms with Crippen molar-refractivity contribution >= 4 is 28.6 Å². The normalized spacial score (nSPS) is 13.2. The van der Waals surface area contributed by atoms with Crippen LogP contribution < -0.4 is 15.7 Å². The van der Waals surface area contributed by atoms with Gasteiger partial charge in [0.05, 0.1) is 5.56 Å². The molecule has 30 heavy (non-hydrogen) atoms. The van der Waals surface area contributed by atoms with E-state index in [-0.39, 0.29) is 0 Å². The average molecular weight is 407 g/mol. The maximum atomic E-state index is 12.8. The van der Waals surface area contributed by atoms with E-state index in [4.69, 9.17) is 4.42 Å². The lowest BCUT2D eigenvalue weighted by molar-refractivity contribution is -0.137. The Morgan fingerprint density at radius 1 is 0.700 bits per heavy atom. The molecule has 0 spiro atoms. The lowest BCUT2D eigenvalue weighted by atomic mass is 10.1. The van der Waals surface area contributed by atoms with Gasteiger partial charge in [0.15, 0.2) is 0 Å². The zero-order valence-electron chi connectivity index (χ0n) is 16.6. The van der Waals surface area contributed by atoms with Crippen molar-refractivity contribution in [1.82, 2.24) is 0 Å². The molecule has 0 aliphatic heterocycles. The molecule has 2 nitrogen and oxygen atoms in total. The molecule has 0 fully saturated rings. The number of fused-ring (bicyclic) bond motifs is 1. The Kier molecular flexibility index (Phi) is 5.12. The molecule has 0 atom stereocenters. The summed E-state index contributed by atoms with van der Waals surface area (Å²) in [5.74, 6) is 0. The van der Waals surface area contributed by atoms with Crippen molar-refractivity contribution in [3.63, 3.8) is 0 Å². The Hall–Kier alpha value is -3.47. The molecule has 4 aromatic rings. The van der Waals surface area contributed by atoms with E-state index in [9.17, 15) is 13.2 Å². The maximum absolute atomic E-state index is 12.8. The van der Waals surface area contributed by atoms with Crippen LogP contribution in [0.15, 0.2) is 77.2 Å². The first-order chi connectivity index (χ1) is 14.3. The standard InChI is InChI=1S/C25H20F3NO/c1-29(2)20-13-9-18(10-14-20)16-24-22-6-4-3-5-21(22)23(30-24)15-17-7-11-19(12-8-17)25(26,27)28/h3-16H,1-2H3/b23-15-,24-16-. The molecular weight excluding hydrogens is 387 g/mol. The van der Waals surface area contributed by atoms with Crippen LogP contribution in [0.1, 0.15) is 16.7 Å². The Labute approximate surface area is 172 Å². The quantitative estimate of drug-likeness (QED) is 0.466. The minimum absolute atomic E-state index is 0.613. The molecule has 0 saturated carbocycles. The van der Waals surface area contributed by atoms with Crippen molar-refractivity contribution in [3.05, 3.63) is 100 Å². The smallest absolute Gasteiger partial charge is 0.416 e. The highest BCUT2D eigenvalue weighted by Gasteiger charge is 2.29. The fourth-order valence-electron chi connectivity index (χ4n) is 3.30. The van der Waals surface area contributed by atoms with Gasteiger partial charge < -0.3 is 9.32 Å². The second kappa shape index (κ2) is 7.75. The van der Waals surface area contributed by atoms with Crippen molar-refractivity contribution in [2.45, 2.75) is 6.18 Å². The van der Waals surface area contributed by atoms with E-state index in [1.807, 2.05) is 73.6 Å². The summed E-state index contributed by atoms with van der Waals surface area (Å²) < 4.78 is 44.5. The number of halogens is 3. The number of hydrogen-bond acceptors (Lipinski definition) is 2. The molecule has 3 aromatic carbocycles. The van der Waals surface area contributed by atoms with Gasteiger partial charge in [-0.3, -0.25) is 0 Å². The van der Waals surface area contributed by atoms with Crippen molar-refractivity contribution < 1.29 is 17.6 Å². The minimum atomic E-state index is -4.35. The third-order valence-corrected chi connectivity index (χ3v) is 4.92. The number of hydrogen-bond donors (Lipinski definition) is 0. The molecule has 0 bridgehead atoms. The van der Waals surface area contributed by atoms with Crippen LogP contribution in [0.2, 0.25) is 0 Å². The van der Waals surface area contributed by atoms with Gasteiger partial charge in [-0.15, -0.1) is 0 Å². The third kappa shape index (κ3) is 4.10. The van der Waals surface area contributed by atoms with Gasteiger partial charge in [-0.1, -0.05) is 48.5 Å². The fraction of sp³-hybridized carbons (Fsp3) is 0.120. The molecule has 0 N–H and O–H groups in total. The van der Waals surface area contributed by atoms with E-state index < -0.39 is 11.7 Å². The highest BCUT2D eigenvalue weighted by molar-refractivity contribution is 5.84. The van der Waals surface area contributed by atoms with Gasteiger partial charge in [-0.25, -0.2) is 0 Å². The summed E-state index contributed by atoms with van der Waals surface area (Å²) in [5, 5.41) is 1.86. The number of anilines is 1. The molecule has 4 rings (SSSR count). The third-order valence-electron chi connectivity index (χ3n) is 4.92. The SMILES string of the molecule is CN(C)c1ccc(/C=c2\o/c(=C\c3ccc(C(F)(F)F)cc3)c3ccccc23)cc1. The van der Waals surface area contributed by atoms with E-state index >= 15 is 0 Å². The molecule has 5 heteroatoms. The average Bonchev–Trinajstić information content (AvgIpc) is 3.05. The van der Waals surface area contributed by atoms with Crippen molar-refractivity contribution in [2.24, 2.45) is 0 Å². The van der Waals surface area contributed by atoms with Crippen molar-refractivity contribution in [2.75, 3.05) is 19.0 Å². The summed E-state index contributed by atoms with van der Waals surface area (Å²) in [5.41, 5.74) is 3.40. The lowest BCUT2D eigenvalue weighted by Gasteiger charge is -2.11. The van der Waals surface area contributed by atoms with Crippen LogP contribution >= 0.6 is 0 Å². The first kappa shape index (κ1) is 19.8. The van der Waals surface area contributed by atoms with Crippen molar-refractivity contribution in [3.8, 4) is 0 Å². The van der Waals surface area contributed by atoms with Crippen LogP contribution in [0.25, 0.3) is 22.9 Å². The number of nitrogens with zero attached hydrogens (tertiary/aromatic N) is 1. The lowest BCUT2D eigenvalue weighted by Crippen LogP contribution is -2.08. The van der Waals surface area contributed by atoms with E-state index in [1.54, 1.807) is 6.08 Å². The van der Waals surface area contributed by atoms with E-state index in [1.165, 1.54) is 12.1 Å². The molecule has 1 heterocycles. The number of rotatable bonds is 3. The largest absolute Gasteiger partial charge is 0.456 e. The minimum Gasteiger partial charge on any atom is -0.456 e. The summed E-state index contributed by atoms with van der Waals surface area (Å²) in [7, 11) is 3.98. The van der Waals surface area contributed by atoms with Crippen LogP contribution in [0.3, 0.4) is 0 Å². The molecule has 0 unspecified atom stereocenters. The summed E-state index contributed by atoms with van der Waals surface area (Å²) in [6.07, 6.45) is -0.624. The molecule has 1 aromatic heterocycles. The second-order valence-corrected chi connectivity index (χ2v) is 7.27. The fourth-order valence-corrected chi connectivity index (χ4v) is 3.30. The van der Waals surface area contributed by atoms with Gasteiger partial charge in [0.1, 0.15) is 10.8 Å². The Morgan fingerprint density at radius 3 is 1.60 bits per heavy atom. The van der Waals surface area contributed by atoms with E-state index in [0.717, 1.165) is 34.2 Å². The van der Waals surface area contributed by atoms with Gasteiger partial charge in [0.25, 0.3) is 0 Å². The Bertz CT molecular complexity index is 1280. The molecular formula is C25H20F3NO. The molecule has 152 valence electrons. The molecule has 0 aliphatic rings. The van der Waals surface area contributed by atoms with Gasteiger partial charge >= 0.3 is 6.18 Å². The Balaban J connectivity index is 1.80. The molecule has 0 aliphatic carbocycles. The Morgan fingerprint density at radius 2 is 1.17 bits per heavy atom. The summed E-state index contributed by atoms with van der Waals surface area (Å²) >= 11 is 0. The highest BCUT2D eigenvalue weighted by atomic mass is 19.4. The summed E-state index contributed by atoms with van der Waals surface area (Å²) in [6, 6.07) is 20.9. The van der Waals surface area contributed by atoms with Crippen LogP contribution in [0.4, 0.5) is 18.9 Å². The maximum Gasteiger partial charge on any atom is 0.416 e. The van der Waals surface area contributed by atoms with Crippen LogP contribution in [0, 0.1) is 0 Å². The highest BCUT2D eigenvalue weighted by Crippen LogP contribution is 2.29. The zero-order valence-corrected chi connectivity index (χ0v) is 16.6. The summed E-state index contributed by atoms with van der Waals surface area (Å²) in [6.45, 7) is 0. The van der Waals surface area contributed by atoms with Crippen LogP contribution in [-0.2, 0) is 6.18 Å². The van der Waals surface area contributed by atoms with E-state index in [2.05, 4.69) is 0 Å². The zero-order chi connectivity index (χ0) is 21.3. The summed E-state index contributed by atoms with van der Waals surface area (Å²) in [4.78, 5) is 2.03. The van der Waals surface area contributed by atoms with Crippen molar-refractivity contribution in [1.29, 1.82) is 0 Å².